The molecular formula is C18H27N5O2. The van der Waals surface area contributed by atoms with Crippen molar-refractivity contribution in [3.8, 4) is 0 Å². The minimum atomic E-state index is -0.268. The van der Waals surface area contributed by atoms with Crippen molar-refractivity contribution in [1.29, 1.82) is 0 Å². The highest BCUT2D eigenvalue weighted by Crippen LogP contribution is 2.21. The number of hydrogen-bond acceptors (Lipinski definition) is 5. The maximum absolute atomic E-state index is 13.0. The number of anilines is 1. The number of carbonyl (C=O) groups excluding carboxylic acids is 2. The van der Waals surface area contributed by atoms with Crippen LogP contribution in [0.25, 0.3) is 0 Å². The Morgan fingerprint density at radius 3 is 2.60 bits per heavy atom. The van der Waals surface area contributed by atoms with Crippen molar-refractivity contribution in [2.24, 2.45) is 0 Å². The lowest BCUT2D eigenvalue weighted by Crippen LogP contribution is -2.57. The van der Waals surface area contributed by atoms with Gasteiger partial charge in [0.1, 0.15) is 11.9 Å². The summed E-state index contributed by atoms with van der Waals surface area (Å²) in [6.07, 6.45) is 9.27. The van der Waals surface area contributed by atoms with Gasteiger partial charge in [-0.05, 0) is 25.7 Å². The van der Waals surface area contributed by atoms with Gasteiger partial charge in [-0.15, -0.1) is 0 Å². The van der Waals surface area contributed by atoms with Crippen molar-refractivity contribution in [3.63, 3.8) is 0 Å². The summed E-state index contributed by atoms with van der Waals surface area (Å²) in [5.41, 5.74) is 0. The predicted molar refractivity (Wildman–Crippen MR) is 95.1 cm³/mol. The minimum Gasteiger partial charge on any atom is -0.352 e. The molecule has 0 aliphatic carbocycles. The van der Waals surface area contributed by atoms with Gasteiger partial charge in [-0.1, -0.05) is 6.92 Å². The van der Waals surface area contributed by atoms with Crippen molar-refractivity contribution >= 4 is 17.6 Å². The molecule has 1 unspecified atom stereocenters. The number of rotatable bonds is 4. The number of hydrogen-bond donors (Lipinski definition) is 0. The first-order valence-corrected chi connectivity index (χ1v) is 9.30. The molecule has 2 saturated heterocycles. The topological polar surface area (TPSA) is 69.6 Å². The van der Waals surface area contributed by atoms with Gasteiger partial charge in [-0.3, -0.25) is 14.6 Å². The first kappa shape index (κ1) is 17.6. The highest BCUT2D eigenvalue weighted by molar-refractivity contribution is 5.88. The van der Waals surface area contributed by atoms with Gasteiger partial charge in [-0.2, -0.15) is 0 Å². The van der Waals surface area contributed by atoms with E-state index >= 15 is 0 Å². The molecule has 0 saturated carbocycles. The first-order valence-electron chi connectivity index (χ1n) is 9.30. The van der Waals surface area contributed by atoms with Gasteiger partial charge in [-0.25, -0.2) is 4.98 Å². The van der Waals surface area contributed by atoms with E-state index in [9.17, 15) is 9.59 Å². The average molecular weight is 345 g/mol. The van der Waals surface area contributed by atoms with E-state index in [-0.39, 0.29) is 17.9 Å². The number of aromatic nitrogens is 2. The molecule has 1 aromatic heterocycles. The van der Waals surface area contributed by atoms with Crippen molar-refractivity contribution < 1.29 is 9.59 Å². The van der Waals surface area contributed by atoms with E-state index < -0.39 is 0 Å². The van der Waals surface area contributed by atoms with Crippen LogP contribution in [0.15, 0.2) is 18.6 Å². The van der Waals surface area contributed by atoms with Crippen LogP contribution >= 0.6 is 0 Å². The van der Waals surface area contributed by atoms with E-state index in [0.29, 0.717) is 19.5 Å². The number of likely N-dealkylation sites (tertiary alicyclic amines) is 1. The second-order valence-corrected chi connectivity index (χ2v) is 6.72. The van der Waals surface area contributed by atoms with Gasteiger partial charge in [0.2, 0.25) is 11.8 Å². The quantitative estimate of drug-likeness (QED) is 0.823. The van der Waals surface area contributed by atoms with Crippen LogP contribution in [0.2, 0.25) is 0 Å². The lowest BCUT2D eigenvalue weighted by atomic mass is 9.99. The van der Waals surface area contributed by atoms with Gasteiger partial charge in [0, 0.05) is 51.5 Å². The molecule has 7 nitrogen and oxygen atoms in total. The fourth-order valence-electron chi connectivity index (χ4n) is 3.67. The molecule has 2 amide bonds. The molecule has 3 heterocycles. The highest BCUT2D eigenvalue weighted by atomic mass is 16.2. The Bertz CT molecular complexity index is 586. The Balaban J connectivity index is 1.60. The molecular weight excluding hydrogens is 318 g/mol. The van der Waals surface area contributed by atoms with Crippen LogP contribution in [0.1, 0.15) is 39.0 Å². The van der Waals surface area contributed by atoms with E-state index in [2.05, 4.69) is 14.9 Å². The zero-order valence-electron chi connectivity index (χ0n) is 14.9. The monoisotopic (exact) mass is 345 g/mol. The standard InChI is InChI=1S/C18H27N5O2/c1-2-5-17(24)23-9-4-3-6-15(23)18(25)22-12-10-21(11-13-22)16-14-19-7-8-20-16/h7-8,14-15H,2-6,9-13H2,1H3. The van der Waals surface area contributed by atoms with E-state index in [1.807, 2.05) is 16.7 Å². The van der Waals surface area contributed by atoms with E-state index in [4.69, 9.17) is 0 Å². The smallest absolute Gasteiger partial charge is 0.245 e. The third-order valence-electron chi connectivity index (χ3n) is 5.04. The summed E-state index contributed by atoms with van der Waals surface area (Å²) in [5.74, 6) is 1.09. The SMILES string of the molecule is CCCC(=O)N1CCCCC1C(=O)N1CCN(c2cnccn2)CC1. The second-order valence-electron chi connectivity index (χ2n) is 6.72. The molecule has 0 spiro atoms. The van der Waals surface area contributed by atoms with Gasteiger partial charge in [0.25, 0.3) is 0 Å². The van der Waals surface area contributed by atoms with Crippen LogP contribution in [0.5, 0.6) is 0 Å². The molecule has 0 aromatic carbocycles. The molecule has 1 aromatic rings. The Morgan fingerprint density at radius 1 is 1.12 bits per heavy atom. The maximum Gasteiger partial charge on any atom is 0.245 e. The molecule has 7 heteroatoms. The Morgan fingerprint density at radius 2 is 1.92 bits per heavy atom. The van der Waals surface area contributed by atoms with Gasteiger partial charge >= 0.3 is 0 Å². The molecule has 2 fully saturated rings. The van der Waals surface area contributed by atoms with Crippen LogP contribution in [0.4, 0.5) is 5.82 Å². The van der Waals surface area contributed by atoms with Gasteiger partial charge in [0.05, 0.1) is 6.20 Å². The third-order valence-corrected chi connectivity index (χ3v) is 5.04. The fraction of sp³-hybridized carbons (Fsp3) is 0.667. The number of nitrogens with zero attached hydrogens (tertiary/aromatic N) is 5. The molecule has 0 bridgehead atoms. The van der Waals surface area contributed by atoms with Crippen LogP contribution < -0.4 is 4.90 Å². The fourth-order valence-corrected chi connectivity index (χ4v) is 3.67. The highest BCUT2D eigenvalue weighted by Gasteiger charge is 2.35. The lowest BCUT2D eigenvalue weighted by molar-refractivity contribution is -0.148. The number of piperidine rings is 1. The summed E-state index contributed by atoms with van der Waals surface area (Å²) in [6, 6.07) is -0.268. The molecule has 2 aliphatic heterocycles. The predicted octanol–water partition coefficient (Wildman–Crippen LogP) is 1.31. The van der Waals surface area contributed by atoms with E-state index in [0.717, 1.165) is 51.1 Å². The lowest BCUT2D eigenvalue weighted by Gasteiger charge is -2.41. The van der Waals surface area contributed by atoms with Gasteiger partial charge in [0.15, 0.2) is 0 Å². The summed E-state index contributed by atoms with van der Waals surface area (Å²) in [7, 11) is 0. The molecule has 25 heavy (non-hydrogen) atoms. The zero-order chi connectivity index (χ0) is 17.6. The summed E-state index contributed by atoms with van der Waals surface area (Å²) in [4.78, 5) is 39.7. The van der Waals surface area contributed by atoms with Crippen molar-refractivity contribution in [2.75, 3.05) is 37.6 Å². The Labute approximate surface area is 149 Å². The van der Waals surface area contributed by atoms with Crippen molar-refractivity contribution in [3.05, 3.63) is 18.6 Å². The van der Waals surface area contributed by atoms with Gasteiger partial charge < -0.3 is 14.7 Å². The van der Waals surface area contributed by atoms with E-state index in [1.165, 1.54) is 0 Å². The number of amides is 2. The number of carbonyl (C=O) groups is 2. The van der Waals surface area contributed by atoms with Crippen LogP contribution in [0, 0.1) is 0 Å². The normalized spacial score (nSPS) is 21.3. The molecule has 0 radical (unpaired) electrons. The zero-order valence-corrected chi connectivity index (χ0v) is 14.9. The molecule has 0 N–H and O–H groups in total. The van der Waals surface area contributed by atoms with Crippen LogP contribution in [0.3, 0.4) is 0 Å². The Kier molecular flexibility index (Phi) is 5.83. The Hall–Kier alpha value is -2.18. The average Bonchev–Trinajstić information content (AvgIpc) is 2.68. The molecule has 3 rings (SSSR count). The van der Waals surface area contributed by atoms with Crippen LogP contribution in [-0.4, -0.2) is 70.3 Å². The largest absolute Gasteiger partial charge is 0.352 e. The minimum absolute atomic E-state index is 0.114. The maximum atomic E-state index is 13.0. The summed E-state index contributed by atoms with van der Waals surface area (Å²) in [6.45, 7) is 5.56. The summed E-state index contributed by atoms with van der Waals surface area (Å²) in [5, 5.41) is 0. The first-order chi connectivity index (χ1) is 12.2. The molecule has 136 valence electrons. The second kappa shape index (κ2) is 8.27. The molecule has 2 aliphatic rings. The van der Waals surface area contributed by atoms with E-state index in [1.54, 1.807) is 18.6 Å². The molecule has 1 atom stereocenters. The third kappa shape index (κ3) is 4.08. The number of piperazine rings is 1. The van der Waals surface area contributed by atoms with Crippen molar-refractivity contribution in [2.45, 2.75) is 45.1 Å². The summed E-state index contributed by atoms with van der Waals surface area (Å²) < 4.78 is 0. The summed E-state index contributed by atoms with van der Waals surface area (Å²) >= 11 is 0. The van der Waals surface area contributed by atoms with Crippen molar-refractivity contribution in [1.82, 2.24) is 19.8 Å². The van der Waals surface area contributed by atoms with Crippen LogP contribution in [-0.2, 0) is 9.59 Å².